The fourth-order valence-electron chi connectivity index (χ4n) is 4.55. The van der Waals surface area contributed by atoms with Crippen molar-refractivity contribution in [3.63, 3.8) is 0 Å². The van der Waals surface area contributed by atoms with Crippen LogP contribution in [-0.4, -0.2) is 47.2 Å². The Kier molecular flexibility index (Phi) is 4.36. The lowest BCUT2D eigenvalue weighted by Gasteiger charge is -2.39. The van der Waals surface area contributed by atoms with Gasteiger partial charge < -0.3 is 24.2 Å². The van der Waals surface area contributed by atoms with Gasteiger partial charge >= 0.3 is 0 Å². The van der Waals surface area contributed by atoms with Crippen molar-refractivity contribution >= 4 is 5.82 Å². The summed E-state index contributed by atoms with van der Waals surface area (Å²) in [6, 6.07) is 5.75. The van der Waals surface area contributed by atoms with Gasteiger partial charge in [-0.3, -0.25) is 0 Å². The van der Waals surface area contributed by atoms with Crippen LogP contribution >= 0.6 is 0 Å². The van der Waals surface area contributed by atoms with Gasteiger partial charge in [-0.25, -0.2) is 9.97 Å². The van der Waals surface area contributed by atoms with Crippen LogP contribution in [-0.2, 0) is 11.3 Å². The summed E-state index contributed by atoms with van der Waals surface area (Å²) in [4.78, 5) is 11.9. The number of benzene rings is 1. The molecular formula is C21H25N3O4. The summed E-state index contributed by atoms with van der Waals surface area (Å²) >= 11 is 0. The highest BCUT2D eigenvalue weighted by Crippen LogP contribution is 2.42. The summed E-state index contributed by atoms with van der Waals surface area (Å²) < 4.78 is 17.1. The topological polar surface area (TPSA) is 76.9 Å². The summed E-state index contributed by atoms with van der Waals surface area (Å²) in [5.74, 6) is 2.18. The van der Waals surface area contributed by atoms with Crippen molar-refractivity contribution in [3.8, 4) is 22.8 Å². The lowest BCUT2D eigenvalue weighted by Crippen LogP contribution is -2.44. The quantitative estimate of drug-likeness (QED) is 0.873. The van der Waals surface area contributed by atoms with E-state index in [0.29, 0.717) is 17.2 Å². The van der Waals surface area contributed by atoms with Crippen LogP contribution in [0.2, 0.25) is 0 Å². The Morgan fingerprint density at radius 1 is 1.14 bits per heavy atom. The monoisotopic (exact) mass is 383 g/mol. The third kappa shape index (κ3) is 2.89. The van der Waals surface area contributed by atoms with Crippen molar-refractivity contribution in [1.29, 1.82) is 0 Å². The van der Waals surface area contributed by atoms with Crippen LogP contribution in [0, 0.1) is 6.92 Å². The molecule has 1 N–H and O–H groups in total. The van der Waals surface area contributed by atoms with E-state index in [-0.39, 0.29) is 19.0 Å². The number of aromatic nitrogens is 2. The highest BCUT2D eigenvalue weighted by atomic mass is 16.7. The molecule has 2 saturated heterocycles. The minimum Gasteiger partial charge on any atom is -0.454 e. The number of fused-ring (bicyclic) bond motifs is 1. The predicted molar refractivity (Wildman–Crippen MR) is 104 cm³/mol. The Labute approximate surface area is 164 Å². The largest absolute Gasteiger partial charge is 0.454 e. The van der Waals surface area contributed by atoms with Gasteiger partial charge in [0, 0.05) is 25.3 Å². The van der Waals surface area contributed by atoms with Gasteiger partial charge in [-0.2, -0.15) is 0 Å². The van der Waals surface area contributed by atoms with Crippen molar-refractivity contribution in [2.45, 2.75) is 44.8 Å². The van der Waals surface area contributed by atoms with E-state index in [1.165, 1.54) is 0 Å². The molecule has 0 unspecified atom stereocenters. The number of rotatable bonds is 3. The molecule has 7 nitrogen and oxygen atoms in total. The molecule has 1 spiro atoms. The van der Waals surface area contributed by atoms with Crippen molar-refractivity contribution < 1.29 is 19.3 Å². The third-order valence-corrected chi connectivity index (χ3v) is 6.08. The van der Waals surface area contributed by atoms with Crippen molar-refractivity contribution in [2.24, 2.45) is 0 Å². The van der Waals surface area contributed by atoms with Gasteiger partial charge in [0.25, 0.3) is 0 Å². The first-order valence-electron chi connectivity index (χ1n) is 9.95. The molecule has 0 aliphatic carbocycles. The van der Waals surface area contributed by atoms with E-state index in [4.69, 9.17) is 24.2 Å². The average molecular weight is 383 g/mol. The number of para-hydroxylation sites is 1. The molecule has 4 heterocycles. The molecule has 0 bridgehead atoms. The zero-order valence-corrected chi connectivity index (χ0v) is 16.1. The minimum absolute atomic E-state index is 0.0558. The number of anilines is 1. The number of nitrogens with zero attached hydrogens (tertiary/aromatic N) is 3. The van der Waals surface area contributed by atoms with Crippen LogP contribution in [0.25, 0.3) is 11.3 Å². The summed E-state index contributed by atoms with van der Waals surface area (Å²) in [5.41, 5.74) is 3.04. The Morgan fingerprint density at radius 2 is 2.00 bits per heavy atom. The molecule has 7 heteroatoms. The fourth-order valence-corrected chi connectivity index (χ4v) is 4.55. The van der Waals surface area contributed by atoms with E-state index >= 15 is 0 Å². The second-order valence-electron chi connectivity index (χ2n) is 7.75. The Bertz CT molecular complexity index is 885. The molecular weight excluding hydrogens is 358 g/mol. The molecule has 5 rings (SSSR count). The van der Waals surface area contributed by atoms with Crippen LogP contribution in [0.1, 0.15) is 37.1 Å². The summed E-state index contributed by atoms with van der Waals surface area (Å²) in [6.45, 7) is 4.63. The van der Waals surface area contributed by atoms with E-state index in [0.717, 1.165) is 68.1 Å². The standard InChI is InChI=1S/C21H25N3O4/c1-14-18(15-4-2-5-17-19(15)27-13-26-17)23-16(12-25)20(22-14)24-9-7-21(8-10-24)6-3-11-28-21/h2,4-5,25H,3,6-13H2,1H3. The molecule has 148 valence electrons. The van der Waals surface area contributed by atoms with Gasteiger partial charge in [0.2, 0.25) is 6.79 Å². The van der Waals surface area contributed by atoms with E-state index in [1.54, 1.807) is 0 Å². The molecule has 2 fully saturated rings. The first-order valence-corrected chi connectivity index (χ1v) is 9.95. The summed E-state index contributed by atoms with van der Waals surface area (Å²) in [5, 5.41) is 10.00. The SMILES string of the molecule is Cc1nc(N2CCC3(CCCO3)CC2)c(CO)nc1-c1cccc2c1OCO2. The van der Waals surface area contributed by atoms with E-state index in [1.807, 2.05) is 25.1 Å². The van der Waals surface area contributed by atoms with Gasteiger partial charge in [0.1, 0.15) is 5.69 Å². The zero-order valence-electron chi connectivity index (χ0n) is 16.1. The first-order chi connectivity index (χ1) is 13.7. The number of hydrogen-bond acceptors (Lipinski definition) is 7. The number of aliphatic hydroxyl groups excluding tert-OH is 1. The van der Waals surface area contributed by atoms with E-state index in [2.05, 4.69) is 4.90 Å². The molecule has 2 aromatic rings. The number of aliphatic hydroxyl groups is 1. The molecule has 0 radical (unpaired) electrons. The number of ether oxygens (including phenoxy) is 3. The number of hydrogen-bond donors (Lipinski definition) is 1. The van der Waals surface area contributed by atoms with Gasteiger partial charge in [0.15, 0.2) is 17.3 Å². The Morgan fingerprint density at radius 3 is 2.75 bits per heavy atom. The normalized spacial score (nSPS) is 20.1. The highest BCUT2D eigenvalue weighted by Gasteiger charge is 2.39. The van der Waals surface area contributed by atoms with Gasteiger partial charge in [-0.1, -0.05) is 6.07 Å². The predicted octanol–water partition coefficient (Wildman–Crippen LogP) is 2.82. The molecule has 3 aliphatic rings. The van der Waals surface area contributed by atoms with Gasteiger partial charge in [-0.15, -0.1) is 0 Å². The maximum absolute atomic E-state index is 10.00. The molecule has 1 aromatic heterocycles. The van der Waals surface area contributed by atoms with Crippen LogP contribution in [0.15, 0.2) is 18.2 Å². The average Bonchev–Trinajstić information content (AvgIpc) is 3.38. The van der Waals surface area contributed by atoms with Crippen LogP contribution in [0.3, 0.4) is 0 Å². The van der Waals surface area contributed by atoms with E-state index in [9.17, 15) is 5.11 Å². The molecule has 3 aliphatic heterocycles. The van der Waals surface area contributed by atoms with Crippen LogP contribution in [0.5, 0.6) is 11.5 Å². The van der Waals surface area contributed by atoms with Crippen LogP contribution in [0.4, 0.5) is 5.82 Å². The van der Waals surface area contributed by atoms with Crippen molar-refractivity contribution in [3.05, 3.63) is 29.6 Å². The van der Waals surface area contributed by atoms with E-state index < -0.39 is 0 Å². The highest BCUT2D eigenvalue weighted by molar-refractivity contribution is 5.74. The Hall–Kier alpha value is -2.38. The first kappa shape index (κ1) is 17.7. The third-order valence-electron chi connectivity index (χ3n) is 6.08. The minimum atomic E-state index is -0.153. The van der Waals surface area contributed by atoms with Crippen LogP contribution < -0.4 is 14.4 Å². The summed E-state index contributed by atoms with van der Waals surface area (Å²) in [7, 11) is 0. The summed E-state index contributed by atoms with van der Waals surface area (Å²) in [6.07, 6.45) is 4.30. The van der Waals surface area contributed by atoms with Crippen molar-refractivity contribution in [2.75, 3.05) is 31.4 Å². The van der Waals surface area contributed by atoms with Gasteiger partial charge in [0.05, 0.1) is 23.6 Å². The molecule has 0 saturated carbocycles. The second-order valence-corrected chi connectivity index (χ2v) is 7.75. The van der Waals surface area contributed by atoms with Gasteiger partial charge in [-0.05, 0) is 44.7 Å². The zero-order chi connectivity index (χ0) is 19.1. The number of aryl methyl sites for hydroxylation is 1. The fraction of sp³-hybridized carbons (Fsp3) is 0.524. The number of piperidine rings is 1. The maximum atomic E-state index is 10.00. The smallest absolute Gasteiger partial charge is 0.231 e. The molecule has 0 atom stereocenters. The lowest BCUT2D eigenvalue weighted by molar-refractivity contribution is -0.0147. The molecule has 0 amide bonds. The second kappa shape index (κ2) is 6.90. The molecule has 28 heavy (non-hydrogen) atoms. The molecule has 1 aromatic carbocycles. The van der Waals surface area contributed by atoms with Crippen molar-refractivity contribution in [1.82, 2.24) is 9.97 Å². The lowest BCUT2D eigenvalue weighted by atomic mass is 9.88. The maximum Gasteiger partial charge on any atom is 0.231 e. The Balaban J connectivity index is 1.47.